The van der Waals surface area contributed by atoms with Gasteiger partial charge >= 0.3 is 0 Å². The first kappa shape index (κ1) is 22.1. The van der Waals surface area contributed by atoms with Crippen molar-refractivity contribution in [2.24, 2.45) is 0 Å². The standard InChI is InChI=1S/C26H30NO2P/c1-3-4-5-12-20-26(22-14-13-15-23(21-22)29-2)27-30(28,24-16-8-6-9-17-24)25-18-10-7-11-19-25/h6-21,26H,3-5H2,1-2H3,(H,27,28)/b20-12+. The molecule has 30 heavy (non-hydrogen) atoms. The maximum atomic E-state index is 14.5. The number of rotatable bonds is 10. The lowest BCUT2D eigenvalue weighted by molar-refractivity contribution is 0.414. The highest BCUT2D eigenvalue weighted by atomic mass is 31.2. The van der Waals surface area contributed by atoms with Crippen molar-refractivity contribution in [1.82, 2.24) is 5.09 Å². The monoisotopic (exact) mass is 419 g/mol. The number of allylic oxidation sites excluding steroid dienone is 1. The number of nitrogens with one attached hydrogen (secondary N) is 1. The molecule has 1 unspecified atom stereocenters. The first-order valence-corrected chi connectivity index (χ1v) is 12.2. The van der Waals surface area contributed by atoms with Gasteiger partial charge in [-0.15, -0.1) is 0 Å². The third-order valence-corrected chi connectivity index (χ3v) is 7.76. The second-order valence-corrected chi connectivity index (χ2v) is 9.74. The molecule has 0 bridgehead atoms. The van der Waals surface area contributed by atoms with Crippen molar-refractivity contribution in [3.05, 3.63) is 103 Å². The van der Waals surface area contributed by atoms with Crippen LogP contribution in [0.5, 0.6) is 5.75 Å². The second-order valence-electron chi connectivity index (χ2n) is 7.23. The van der Waals surface area contributed by atoms with Crippen molar-refractivity contribution < 1.29 is 9.30 Å². The normalized spacial score (nSPS) is 12.7. The van der Waals surface area contributed by atoms with Gasteiger partial charge in [-0.2, -0.15) is 0 Å². The summed E-state index contributed by atoms with van der Waals surface area (Å²) in [5.41, 5.74) is 1.02. The average molecular weight is 420 g/mol. The van der Waals surface area contributed by atoms with E-state index in [0.29, 0.717) is 0 Å². The second kappa shape index (κ2) is 11.0. The van der Waals surface area contributed by atoms with Gasteiger partial charge in [-0.05, 0) is 48.4 Å². The summed E-state index contributed by atoms with van der Waals surface area (Å²) in [7, 11) is -1.40. The van der Waals surface area contributed by atoms with Gasteiger partial charge in [0.05, 0.1) is 13.2 Å². The summed E-state index contributed by atoms with van der Waals surface area (Å²) in [5.74, 6) is 0.788. The molecule has 0 amide bonds. The SMILES string of the molecule is CCCC/C=C/C(NP(=O)(c1ccccc1)c1ccccc1)c1cccc(OC)c1. The Balaban J connectivity index is 2.04. The van der Waals surface area contributed by atoms with Gasteiger partial charge in [0, 0.05) is 10.6 Å². The Morgan fingerprint density at radius 3 is 2.13 bits per heavy atom. The summed E-state index contributed by atoms with van der Waals surface area (Å²) in [4.78, 5) is 0. The van der Waals surface area contributed by atoms with E-state index in [0.717, 1.165) is 41.2 Å². The zero-order chi connectivity index (χ0) is 21.2. The van der Waals surface area contributed by atoms with Crippen molar-refractivity contribution in [2.75, 3.05) is 7.11 Å². The van der Waals surface area contributed by atoms with Gasteiger partial charge < -0.3 is 4.74 Å². The van der Waals surface area contributed by atoms with E-state index in [4.69, 9.17) is 4.74 Å². The number of methoxy groups -OCH3 is 1. The molecule has 0 heterocycles. The van der Waals surface area contributed by atoms with Crippen LogP contribution in [0.4, 0.5) is 0 Å². The Bertz CT molecular complexity index is 943. The summed E-state index contributed by atoms with van der Waals surface area (Å²) in [6, 6.07) is 27.1. The molecule has 0 spiro atoms. The molecule has 0 aliphatic heterocycles. The Hall–Kier alpha value is -2.61. The van der Waals surface area contributed by atoms with E-state index in [1.165, 1.54) is 0 Å². The Morgan fingerprint density at radius 2 is 1.57 bits per heavy atom. The molecule has 4 heteroatoms. The topological polar surface area (TPSA) is 38.3 Å². The number of hydrogen-bond acceptors (Lipinski definition) is 2. The minimum Gasteiger partial charge on any atom is -0.497 e. The number of unbranched alkanes of at least 4 members (excludes halogenated alkanes) is 2. The fourth-order valence-corrected chi connectivity index (χ4v) is 5.79. The van der Waals surface area contributed by atoms with Gasteiger partial charge in [-0.3, -0.25) is 4.57 Å². The van der Waals surface area contributed by atoms with Gasteiger partial charge in [0.15, 0.2) is 0 Å². The number of hydrogen-bond donors (Lipinski definition) is 1. The van der Waals surface area contributed by atoms with Crippen molar-refractivity contribution in [2.45, 2.75) is 32.2 Å². The van der Waals surface area contributed by atoms with E-state index in [1.807, 2.05) is 84.9 Å². The van der Waals surface area contributed by atoms with Gasteiger partial charge in [0.2, 0.25) is 7.29 Å². The number of ether oxygens (including phenoxy) is 1. The number of benzene rings is 3. The molecule has 3 aromatic rings. The largest absolute Gasteiger partial charge is 0.497 e. The van der Waals surface area contributed by atoms with Gasteiger partial charge in [-0.25, -0.2) is 5.09 Å². The summed E-state index contributed by atoms with van der Waals surface area (Å²) < 4.78 is 19.9. The van der Waals surface area contributed by atoms with Gasteiger partial charge in [0.25, 0.3) is 0 Å². The lowest BCUT2D eigenvalue weighted by Crippen LogP contribution is -2.30. The molecule has 3 rings (SSSR count). The van der Waals surface area contributed by atoms with Crippen LogP contribution in [-0.4, -0.2) is 7.11 Å². The van der Waals surface area contributed by atoms with E-state index >= 15 is 0 Å². The molecule has 156 valence electrons. The smallest absolute Gasteiger partial charge is 0.205 e. The highest BCUT2D eigenvalue weighted by Crippen LogP contribution is 2.42. The molecule has 0 radical (unpaired) electrons. The zero-order valence-electron chi connectivity index (χ0n) is 17.7. The van der Waals surface area contributed by atoms with E-state index < -0.39 is 7.29 Å². The van der Waals surface area contributed by atoms with E-state index in [-0.39, 0.29) is 6.04 Å². The van der Waals surface area contributed by atoms with Crippen LogP contribution in [0.1, 0.15) is 37.8 Å². The summed E-state index contributed by atoms with van der Waals surface area (Å²) in [5, 5.41) is 5.12. The highest BCUT2D eigenvalue weighted by molar-refractivity contribution is 7.76. The molecule has 1 N–H and O–H groups in total. The first-order chi connectivity index (χ1) is 14.7. The van der Waals surface area contributed by atoms with E-state index in [1.54, 1.807) is 7.11 Å². The van der Waals surface area contributed by atoms with Crippen LogP contribution < -0.4 is 20.4 Å². The molecule has 3 nitrogen and oxygen atoms in total. The minimum atomic E-state index is -3.07. The summed E-state index contributed by atoms with van der Waals surface area (Å²) >= 11 is 0. The lowest BCUT2D eigenvalue weighted by Gasteiger charge is -2.26. The molecular formula is C26H30NO2P. The predicted octanol–water partition coefficient (Wildman–Crippen LogP) is 6.00. The van der Waals surface area contributed by atoms with Crippen LogP contribution in [0.25, 0.3) is 0 Å². The van der Waals surface area contributed by atoms with Crippen LogP contribution in [0.2, 0.25) is 0 Å². The van der Waals surface area contributed by atoms with Crippen molar-refractivity contribution >= 4 is 17.9 Å². The van der Waals surface area contributed by atoms with Crippen molar-refractivity contribution in [3.8, 4) is 5.75 Å². The van der Waals surface area contributed by atoms with E-state index in [9.17, 15) is 4.57 Å². The summed E-state index contributed by atoms with van der Waals surface area (Å²) in [6.07, 6.45) is 7.59. The van der Waals surface area contributed by atoms with Crippen LogP contribution >= 0.6 is 7.29 Å². The maximum absolute atomic E-state index is 14.5. The molecule has 0 fully saturated rings. The first-order valence-electron chi connectivity index (χ1n) is 10.5. The fraction of sp³-hybridized carbons (Fsp3) is 0.231. The zero-order valence-corrected chi connectivity index (χ0v) is 18.6. The molecule has 0 saturated carbocycles. The fourth-order valence-electron chi connectivity index (χ4n) is 3.39. The lowest BCUT2D eigenvalue weighted by atomic mass is 10.1. The molecule has 0 aliphatic rings. The van der Waals surface area contributed by atoms with Crippen LogP contribution in [0.3, 0.4) is 0 Å². The quantitative estimate of drug-likeness (QED) is 0.249. The third-order valence-electron chi connectivity index (χ3n) is 5.07. The average Bonchev–Trinajstić information content (AvgIpc) is 2.82. The Morgan fingerprint density at radius 1 is 0.933 bits per heavy atom. The van der Waals surface area contributed by atoms with Gasteiger partial charge in [-0.1, -0.05) is 80.4 Å². The van der Waals surface area contributed by atoms with Crippen molar-refractivity contribution in [1.29, 1.82) is 0 Å². The van der Waals surface area contributed by atoms with Gasteiger partial charge in [0.1, 0.15) is 5.75 Å². The Labute approximate surface area is 180 Å². The predicted molar refractivity (Wildman–Crippen MR) is 127 cm³/mol. The molecule has 3 aromatic carbocycles. The van der Waals surface area contributed by atoms with Crippen LogP contribution in [0.15, 0.2) is 97.1 Å². The van der Waals surface area contributed by atoms with Crippen LogP contribution in [-0.2, 0) is 4.57 Å². The third kappa shape index (κ3) is 5.50. The molecule has 0 aliphatic carbocycles. The molecule has 0 saturated heterocycles. The Kier molecular flexibility index (Phi) is 8.07. The van der Waals surface area contributed by atoms with Crippen LogP contribution in [0, 0.1) is 0 Å². The van der Waals surface area contributed by atoms with Crippen molar-refractivity contribution in [3.63, 3.8) is 0 Å². The van der Waals surface area contributed by atoms with E-state index in [2.05, 4.69) is 24.2 Å². The minimum absolute atomic E-state index is 0.205. The summed E-state index contributed by atoms with van der Waals surface area (Å²) in [6.45, 7) is 2.19. The molecule has 0 aromatic heterocycles. The molecule has 1 atom stereocenters. The highest BCUT2D eigenvalue weighted by Gasteiger charge is 2.29. The maximum Gasteiger partial charge on any atom is 0.205 e. The molecular weight excluding hydrogens is 389 g/mol.